The van der Waals surface area contributed by atoms with E-state index in [1.54, 1.807) is 0 Å². The molecule has 0 amide bonds. The molecular formula is C15H24N2. The molecule has 0 bridgehead atoms. The van der Waals surface area contributed by atoms with Gasteiger partial charge in [0.1, 0.15) is 5.82 Å². The molecule has 1 fully saturated rings. The number of rotatable bonds is 3. The van der Waals surface area contributed by atoms with E-state index in [0.29, 0.717) is 11.5 Å². The zero-order valence-electron chi connectivity index (χ0n) is 11.3. The molecule has 1 aromatic rings. The van der Waals surface area contributed by atoms with Gasteiger partial charge in [-0.3, -0.25) is 0 Å². The van der Waals surface area contributed by atoms with E-state index in [4.69, 9.17) is 0 Å². The fourth-order valence-electron chi connectivity index (χ4n) is 2.51. The molecule has 1 heterocycles. The standard InChI is InChI=1S/C15H24N2/c1-15(2,3)10-12-8-9-14(16-11-12)17-13-6-4-5-7-13/h8-9,11,13H,4-7,10H2,1-3H3,(H,16,17). The van der Waals surface area contributed by atoms with Crippen LogP contribution in [-0.4, -0.2) is 11.0 Å². The van der Waals surface area contributed by atoms with Gasteiger partial charge in [0.2, 0.25) is 0 Å². The van der Waals surface area contributed by atoms with Gasteiger partial charge in [-0.1, -0.05) is 39.7 Å². The smallest absolute Gasteiger partial charge is 0.126 e. The second-order valence-electron chi connectivity index (χ2n) is 6.41. The minimum absolute atomic E-state index is 0.335. The highest BCUT2D eigenvalue weighted by Gasteiger charge is 2.15. The number of aromatic nitrogens is 1. The van der Waals surface area contributed by atoms with Crippen molar-refractivity contribution in [3.8, 4) is 0 Å². The molecule has 2 rings (SSSR count). The first kappa shape index (κ1) is 12.4. The Morgan fingerprint density at radius 1 is 1.24 bits per heavy atom. The Morgan fingerprint density at radius 3 is 2.47 bits per heavy atom. The summed E-state index contributed by atoms with van der Waals surface area (Å²) in [6.45, 7) is 6.78. The largest absolute Gasteiger partial charge is 0.367 e. The second-order valence-corrected chi connectivity index (χ2v) is 6.41. The zero-order valence-corrected chi connectivity index (χ0v) is 11.3. The Bertz CT molecular complexity index is 342. The average molecular weight is 232 g/mol. The lowest BCUT2D eigenvalue weighted by Crippen LogP contribution is -2.15. The van der Waals surface area contributed by atoms with E-state index >= 15 is 0 Å². The number of nitrogens with zero attached hydrogens (tertiary/aromatic N) is 1. The third-order valence-electron chi connectivity index (χ3n) is 3.27. The van der Waals surface area contributed by atoms with Gasteiger partial charge in [-0.05, 0) is 36.3 Å². The normalized spacial score (nSPS) is 17.4. The molecule has 1 saturated carbocycles. The predicted octanol–water partition coefficient (Wildman–Crippen LogP) is 4.02. The van der Waals surface area contributed by atoms with Gasteiger partial charge >= 0.3 is 0 Å². The van der Waals surface area contributed by atoms with E-state index in [1.807, 2.05) is 6.20 Å². The van der Waals surface area contributed by atoms with Crippen molar-refractivity contribution in [2.24, 2.45) is 5.41 Å². The summed E-state index contributed by atoms with van der Waals surface area (Å²) in [7, 11) is 0. The highest BCUT2D eigenvalue weighted by Crippen LogP contribution is 2.23. The van der Waals surface area contributed by atoms with Gasteiger partial charge < -0.3 is 5.32 Å². The molecule has 0 atom stereocenters. The third kappa shape index (κ3) is 4.03. The van der Waals surface area contributed by atoms with Crippen molar-refractivity contribution >= 4 is 5.82 Å². The Balaban J connectivity index is 1.93. The van der Waals surface area contributed by atoms with Crippen LogP contribution in [0, 0.1) is 5.41 Å². The number of pyridine rings is 1. The molecule has 0 aliphatic heterocycles. The fourth-order valence-corrected chi connectivity index (χ4v) is 2.51. The number of anilines is 1. The van der Waals surface area contributed by atoms with Crippen LogP contribution < -0.4 is 5.32 Å². The first-order chi connectivity index (χ1) is 8.03. The lowest BCUT2D eigenvalue weighted by Gasteiger charge is -2.18. The molecule has 94 valence electrons. The van der Waals surface area contributed by atoms with Crippen molar-refractivity contribution in [2.45, 2.75) is 58.9 Å². The highest BCUT2D eigenvalue weighted by atomic mass is 15.0. The molecule has 2 nitrogen and oxygen atoms in total. The summed E-state index contributed by atoms with van der Waals surface area (Å²) in [5, 5.41) is 3.52. The van der Waals surface area contributed by atoms with Gasteiger partial charge in [0, 0.05) is 12.2 Å². The van der Waals surface area contributed by atoms with Crippen molar-refractivity contribution in [3.05, 3.63) is 23.9 Å². The maximum Gasteiger partial charge on any atom is 0.126 e. The van der Waals surface area contributed by atoms with Crippen molar-refractivity contribution < 1.29 is 0 Å². The second kappa shape index (κ2) is 5.07. The minimum Gasteiger partial charge on any atom is -0.367 e. The molecule has 1 aliphatic carbocycles. The van der Waals surface area contributed by atoms with Crippen LogP contribution >= 0.6 is 0 Å². The van der Waals surface area contributed by atoms with Crippen molar-refractivity contribution in [1.29, 1.82) is 0 Å². The molecule has 1 aromatic heterocycles. The Labute approximate surface area is 105 Å². The number of hydrogen-bond acceptors (Lipinski definition) is 2. The summed E-state index contributed by atoms with van der Waals surface area (Å²) in [5.74, 6) is 1.04. The number of hydrogen-bond donors (Lipinski definition) is 1. The summed E-state index contributed by atoms with van der Waals surface area (Å²) in [5.41, 5.74) is 1.66. The summed E-state index contributed by atoms with van der Waals surface area (Å²) < 4.78 is 0. The monoisotopic (exact) mass is 232 g/mol. The molecule has 0 saturated heterocycles. The lowest BCUT2D eigenvalue weighted by atomic mass is 9.89. The zero-order chi connectivity index (χ0) is 12.3. The van der Waals surface area contributed by atoms with E-state index in [0.717, 1.165) is 12.2 Å². The first-order valence-electron chi connectivity index (χ1n) is 6.74. The summed E-state index contributed by atoms with van der Waals surface area (Å²) in [6, 6.07) is 4.98. The third-order valence-corrected chi connectivity index (χ3v) is 3.27. The van der Waals surface area contributed by atoms with E-state index in [2.05, 4.69) is 43.2 Å². The van der Waals surface area contributed by atoms with Crippen LogP contribution in [0.2, 0.25) is 0 Å². The van der Waals surface area contributed by atoms with E-state index in [1.165, 1.54) is 31.2 Å². The van der Waals surface area contributed by atoms with Gasteiger partial charge in [-0.25, -0.2) is 4.98 Å². The maximum absolute atomic E-state index is 4.52. The minimum atomic E-state index is 0.335. The molecule has 2 heteroatoms. The van der Waals surface area contributed by atoms with Gasteiger partial charge in [0.15, 0.2) is 0 Å². The van der Waals surface area contributed by atoms with Gasteiger partial charge in [-0.15, -0.1) is 0 Å². The molecule has 0 unspecified atom stereocenters. The Morgan fingerprint density at radius 2 is 1.94 bits per heavy atom. The Kier molecular flexibility index (Phi) is 3.70. The van der Waals surface area contributed by atoms with Crippen LogP contribution in [-0.2, 0) is 6.42 Å². The molecule has 0 radical (unpaired) electrons. The predicted molar refractivity (Wildman–Crippen MR) is 73.3 cm³/mol. The fraction of sp³-hybridized carbons (Fsp3) is 0.667. The Hall–Kier alpha value is -1.05. The van der Waals surface area contributed by atoms with Gasteiger partial charge in [0.05, 0.1) is 0 Å². The van der Waals surface area contributed by atoms with Crippen molar-refractivity contribution in [3.63, 3.8) is 0 Å². The van der Waals surface area contributed by atoms with Crippen LogP contribution in [0.4, 0.5) is 5.82 Å². The van der Waals surface area contributed by atoms with Crippen LogP contribution in [0.25, 0.3) is 0 Å². The van der Waals surface area contributed by atoms with Crippen LogP contribution in [0.1, 0.15) is 52.0 Å². The topological polar surface area (TPSA) is 24.9 Å². The molecule has 17 heavy (non-hydrogen) atoms. The van der Waals surface area contributed by atoms with E-state index in [-0.39, 0.29) is 0 Å². The van der Waals surface area contributed by atoms with Gasteiger partial charge in [0.25, 0.3) is 0 Å². The molecule has 0 aromatic carbocycles. The van der Waals surface area contributed by atoms with E-state index in [9.17, 15) is 0 Å². The summed E-state index contributed by atoms with van der Waals surface area (Å²) in [4.78, 5) is 4.52. The highest BCUT2D eigenvalue weighted by molar-refractivity contribution is 5.37. The van der Waals surface area contributed by atoms with Crippen LogP contribution in [0.15, 0.2) is 18.3 Å². The van der Waals surface area contributed by atoms with Gasteiger partial charge in [-0.2, -0.15) is 0 Å². The first-order valence-corrected chi connectivity index (χ1v) is 6.74. The molecule has 1 N–H and O–H groups in total. The van der Waals surface area contributed by atoms with Crippen LogP contribution in [0.5, 0.6) is 0 Å². The van der Waals surface area contributed by atoms with E-state index < -0.39 is 0 Å². The van der Waals surface area contributed by atoms with Crippen LogP contribution in [0.3, 0.4) is 0 Å². The molecule has 0 spiro atoms. The maximum atomic E-state index is 4.52. The van der Waals surface area contributed by atoms with Crippen molar-refractivity contribution in [1.82, 2.24) is 4.98 Å². The molecular weight excluding hydrogens is 208 g/mol. The lowest BCUT2D eigenvalue weighted by molar-refractivity contribution is 0.411. The summed E-state index contributed by atoms with van der Waals surface area (Å²) in [6.07, 6.45) is 8.42. The SMILES string of the molecule is CC(C)(C)Cc1ccc(NC2CCCC2)nc1. The quantitative estimate of drug-likeness (QED) is 0.851. The average Bonchev–Trinajstić information content (AvgIpc) is 2.71. The van der Waals surface area contributed by atoms with Crippen molar-refractivity contribution in [2.75, 3.05) is 5.32 Å². The molecule has 1 aliphatic rings. The number of nitrogens with one attached hydrogen (secondary N) is 1. The summed E-state index contributed by atoms with van der Waals surface area (Å²) >= 11 is 0.